The smallest absolute Gasteiger partial charge is 0.0175 e. The predicted molar refractivity (Wildman–Crippen MR) is 70.5 cm³/mol. The Morgan fingerprint density at radius 1 is 1.25 bits per heavy atom. The molecule has 94 valence electrons. The molecule has 1 heteroatoms. The quantitative estimate of drug-likeness (QED) is 0.763. The Kier molecular flexibility index (Phi) is 3.11. The van der Waals surface area contributed by atoms with E-state index in [2.05, 4.69) is 39.9 Å². The first-order chi connectivity index (χ1) is 7.36. The van der Waals surface area contributed by atoms with Crippen LogP contribution in [-0.2, 0) is 0 Å². The first kappa shape index (κ1) is 12.4. The molecule has 1 nitrogen and oxygen atoms in total. The molecule has 2 rings (SSSR count). The minimum absolute atomic E-state index is 0.518. The Morgan fingerprint density at radius 2 is 1.94 bits per heavy atom. The van der Waals surface area contributed by atoms with E-state index in [1.165, 1.54) is 32.2 Å². The summed E-state index contributed by atoms with van der Waals surface area (Å²) in [6.07, 6.45) is 5.68. The van der Waals surface area contributed by atoms with Crippen molar-refractivity contribution < 1.29 is 0 Å². The number of nitrogens with one attached hydrogen (secondary N) is 1. The number of rotatable bonds is 4. The SMILES string of the molecule is CC(C)CCNC1C2(C)CCC(C2)C1(C)C. The first-order valence-electron chi connectivity index (χ1n) is 7.09. The fourth-order valence-electron chi connectivity index (χ4n) is 4.33. The topological polar surface area (TPSA) is 12.0 Å². The van der Waals surface area contributed by atoms with E-state index in [1.54, 1.807) is 0 Å². The lowest BCUT2D eigenvalue weighted by Gasteiger charge is -2.43. The molecule has 0 amide bonds. The first-order valence-corrected chi connectivity index (χ1v) is 7.09. The van der Waals surface area contributed by atoms with Crippen molar-refractivity contribution in [1.82, 2.24) is 5.32 Å². The fraction of sp³-hybridized carbons (Fsp3) is 1.00. The molecule has 0 saturated heterocycles. The summed E-state index contributed by atoms with van der Waals surface area (Å²) < 4.78 is 0. The summed E-state index contributed by atoms with van der Waals surface area (Å²) in [6.45, 7) is 13.3. The Bertz CT molecular complexity index is 251. The summed E-state index contributed by atoms with van der Waals surface area (Å²) in [6, 6.07) is 0.748. The van der Waals surface area contributed by atoms with Crippen molar-refractivity contribution in [3.05, 3.63) is 0 Å². The Hall–Kier alpha value is -0.0400. The molecular formula is C15H29N. The van der Waals surface area contributed by atoms with Gasteiger partial charge in [0.25, 0.3) is 0 Å². The molecule has 16 heavy (non-hydrogen) atoms. The van der Waals surface area contributed by atoms with Crippen LogP contribution in [0.5, 0.6) is 0 Å². The second-order valence-corrected chi connectivity index (χ2v) is 7.48. The molecule has 0 aromatic heterocycles. The summed E-state index contributed by atoms with van der Waals surface area (Å²) in [5.41, 5.74) is 1.11. The van der Waals surface area contributed by atoms with Crippen molar-refractivity contribution in [2.45, 2.75) is 66.3 Å². The molecular weight excluding hydrogens is 194 g/mol. The maximum Gasteiger partial charge on any atom is 0.0175 e. The molecule has 0 radical (unpaired) electrons. The van der Waals surface area contributed by atoms with Gasteiger partial charge in [0, 0.05) is 6.04 Å². The maximum atomic E-state index is 3.88. The van der Waals surface area contributed by atoms with Crippen LogP contribution in [0, 0.1) is 22.7 Å². The van der Waals surface area contributed by atoms with Crippen molar-refractivity contribution in [3.63, 3.8) is 0 Å². The van der Waals surface area contributed by atoms with E-state index in [0.29, 0.717) is 10.8 Å². The van der Waals surface area contributed by atoms with Crippen molar-refractivity contribution in [3.8, 4) is 0 Å². The zero-order chi connectivity index (χ0) is 12.0. The van der Waals surface area contributed by atoms with E-state index in [1.807, 2.05) is 0 Å². The normalized spacial score (nSPS) is 40.9. The largest absolute Gasteiger partial charge is 0.313 e. The summed E-state index contributed by atoms with van der Waals surface area (Å²) >= 11 is 0. The highest BCUT2D eigenvalue weighted by atomic mass is 15.0. The van der Waals surface area contributed by atoms with Gasteiger partial charge in [0.2, 0.25) is 0 Å². The predicted octanol–water partition coefficient (Wildman–Crippen LogP) is 3.84. The van der Waals surface area contributed by atoms with Crippen LogP contribution in [0.1, 0.15) is 60.3 Å². The van der Waals surface area contributed by atoms with Gasteiger partial charge in [-0.1, -0.05) is 34.6 Å². The summed E-state index contributed by atoms with van der Waals surface area (Å²) in [5.74, 6) is 1.79. The van der Waals surface area contributed by atoms with Crippen LogP contribution in [0.25, 0.3) is 0 Å². The van der Waals surface area contributed by atoms with Gasteiger partial charge < -0.3 is 5.32 Å². The molecule has 2 fully saturated rings. The minimum atomic E-state index is 0.518. The van der Waals surface area contributed by atoms with Crippen LogP contribution in [0.15, 0.2) is 0 Å². The average Bonchev–Trinajstić information content (AvgIpc) is 2.62. The maximum absolute atomic E-state index is 3.88. The van der Waals surface area contributed by atoms with Crippen LogP contribution in [0.4, 0.5) is 0 Å². The van der Waals surface area contributed by atoms with E-state index >= 15 is 0 Å². The van der Waals surface area contributed by atoms with Gasteiger partial charge in [-0.25, -0.2) is 0 Å². The lowest BCUT2D eigenvalue weighted by Crippen LogP contribution is -2.50. The van der Waals surface area contributed by atoms with Gasteiger partial charge in [0.05, 0.1) is 0 Å². The number of hydrogen-bond donors (Lipinski definition) is 1. The molecule has 2 aliphatic carbocycles. The Labute approximate surface area is 101 Å². The van der Waals surface area contributed by atoms with Crippen LogP contribution < -0.4 is 5.32 Å². The summed E-state index contributed by atoms with van der Waals surface area (Å²) in [7, 11) is 0. The third kappa shape index (κ3) is 1.92. The summed E-state index contributed by atoms with van der Waals surface area (Å²) in [4.78, 5) is 0. The zero-order valence-corrected chi connectivity index (χ0v) is 11.8. The molecule has 0 heterocycles. The van der Waals surface area contributed by atoms with E-state index < -0.39 is 0 Å². The van der Waals surface area contributed by atoms with E-state index in [0.717, 1.165) is 17.9 Å². The Balaban J connectivity index is 1.97. The highest BCUT2D eigenvalue weighted by Crippen LogP contribution is 2.62. The molecule has 0 aliphatic heterocycles. The molecule has 3 unspecified atom stereocenters. The fourth-order valence-corrected chi connectivity index (χ4v) is 4.33. The van der Waals surface area contributed by atoms with Crippen LogP contribution >= 0.6 is 0 Å². The molecule has 2 saturated carbocycles. The standard InChI is InChI=1S/C15H29N/c1-11(2)7-9-16-13-14(3,4)12-6-8-15(13,5)10-12/h11-13,16H,6-10H2,1-5H3. The van der Waals surface area contributed by atoms with Gasteiger partial charge in [0.1, 0.15) is 0 Å². The summed E-state index contributed by atoms with van der Waals surface area (Å²) in [5, 5.41) is 3.88. The third-order valence-corrected chi connectivity index (χ3v) is 5.34. The second kappa shape index (κ2) is 4.01. The van der Waals surface area contributed by atoms with Gasteiger partial charge in [-0.05, 0) is 54.9 Å². The van der Waals surface area contributed by atoms with Gasteiger partial charge in [-0.15, -0.1) is 0 Å². The molecule has 2 aliphatic rings. The van der Waals surface area contributed by atoms with Gasteiger partial charge in [-0.2, -0.15) is 0 Å². The van der Waals surface area contributed by atoms with E-state index in [-0.39, 0.29) is 0 Å². The van der Waals surface area contributed by atoms with Crippen molar-refractivity contribution in [2.75, 3.05) is 6.54 Å². The van der Waals surface area contributed by atoms with E-state index in [4.69, 9.17) is 0 Å². The van der Waals surface area contributed by atoms with Gasteiger partial charge in [0.15, 0.2) is 0 Å². The van der Waals surface area contributed by atoms with Crippen LogP contribution in [0.2, 0.25) is 0 Å². The lowest BCUT2D eigenvalue weighted by molar-refractivity contribution is 0.108. The highest BCUT2D eigenvalue weighted by molar-refractivity contribution is 5.11. The average molecular weight is 223 g/mol. The van der Waals surface area contributed by atoms with Crippen molar-refractivity contribution in [1.29, 1.82) is 0 Å². The number of fused-ring (bicyclic) bond motifs is 2. The third-order valence-electron chi connectivity index (χ3n) is 5.34. The van der Waals surface area contributed by atoms with Crippen LogP contribution in [0.3, 0.4) is 0 Å². The minimum Gasteiger partial charge on any atom is -0.313 e. The van der Waals surface area contributed by atoms with Gasteiger partial charge in [-0.3, -0.25) is 0 Å². The van der Waals surface area contributed by atoms with Crippen LogP contribution in [-0.4, -0.2) is 12.6 Å². The molecule has 3 atom stereocenters. The molecule has 1 N–H and O–H groups in total. The molecule has 2 bridgehead atoms. The monoisotopic (exact) mass is 223 g/mol. The Morgan fingerprint density at radius 3 is 2.44 bits per heavy atom. The highest BCUT2D eigenvalue weighted by Gasteiger charge is 2.58. The number of hydrogen-bond acceptors (Lipinski definition) is 1. The van der Waals surface area contributed by atoms with Crippen molar-refractivity contribution in [2.24, 2.45) is 22.7 Å². The second-order valence-electron chi connectivity index (χ2n) is 7.48. The van der Waals surface area contributed by atoms with E-state index in [9.17, 15) is 0 Å². The molecule has 0 aromatic rings. The zero-order valence-electron chi connectivity index (χ0n) is 11.8. The lowest BCUT2D eigenvalue weighted by atomic mass is 9.68. The van der Waals surface area contributed by atoms with Crippen molar-refractivity contribution >= 4 is 0 Å². The van der Waals surface area contributed by atoms with Gasteiger partial charge >= 0.3 is 0 Å². The molecule has 0 aromatic carbocycles. The molecule has 0 spiro atoms.